The highest BCUT2D eigenvalue weighted by molar-refractivity contribution is 5.77. The minimum absolute atomic E-state index is 0.813. The van der Waals surface area contributed by atoms with Gasteiger partial charge in [-0.25, -0.2) is 0 Å². The fourth-order valence-corrected chi connectivity index (χ4v) is 0.220. The molecule has 1 nitrogen and oxygen atoms in total. The number of rotatable bonds is 2. The normalized spacial score (nSPS) is 9.75. The first-order valence-electron chi connectivity index (χ1n) is 2.48. The van der Waals surface area contributed by atoms with Crippen LogP contribution in [0.25, 0.3) is 0 Å². The quantitative estimate of drug-likeness (QED) is 0.482. The first-order chi connectivity index (χ1) is 3.63. The molecule has 0 radical (unpaired) electrons. The largest absolute Gasteiger partial charge is 0.262 e. The lowest BCUT2D eigenvalue weighted by molar-refractivity contribution is 1.33. The number of nitrogens with zero attached hydrogens (tertiary/aromatic N) is 1. The molecule has 44 valence electrons. The first-order valence-corrected chi connectivity index (χ1v) is 2.48. The van der Waals surface area contributed by atoms with E-state index in [0.29, 0.717) is 0 Å². The Morgan fingerprint density at radius 2 is 1.88 bits per heavy atom. The van der Waals surface area contributed by atoms with Crippen LogP contribution in [0, 0.1) is 0 Å². The van der Waals surface area contributed by atoms with Crippen molar-refractivity contribution < 1.29 is 0 Å². The van der Waals surface area contributed by atoms with E-state index in [4.69, 9.17) is 0 Å². The van der Waals surface area contributed by atoms with Gasteiger partial charge in [0.25, 0.3) is 0 Å². The van der Waals surface area contributed by atoms with Crippen LogP contribution in [-0.2, 0) is 0 Å². The first kappa shape index (κ1) is 7.15. The van der Waals surface area contributed by atoms with E-state index in [2.05, 4.69) is 18.2 Å². The fourth-order valence-electron chi connectivity index (χ4n) is 0.220. The van der Waals surface area contributed by atoms with Gasteiger partial charge in [-0.15, -0.1) is 0 Å². The second kappa shape index (κ2) is 3.19. The van der Waals surface area contributed by atoms with Crippen molar-refractivity contribution in [2.45, 2.75) is 13.8 Å². The van der Waals surface area contributed by atoms with Gasteiger partial charge in [0.05, 0.1) is 0 Å². The third-order valence-electron chi connectivity index (χ3n) is 0.505. The highest BCUT2D eigenvalue weighted by atomic mass is 14.7. The number of hydrogen-bond donors (Lipinski definition) is 0. The van der Waals surface area contributed by atoms with Crippen LogP contribution in [0.4, 0.5) is 0 Å². The number of aliphatic imine (C=N–C) groups is 1. The summed E-state index contributed by atoms with van der Waals surface area (Å²) in [5.74, 6) is 0. The van der Waals surface area contributed by atoms with Crippen molar-refractivity contribution in [1.29, 1.82) is 0 Å². The van der Waals surface area contributed by atoms with Gasteiger partial charge in [-0.3, -0.25) is 4.99 Å². The van der Waals surface area contributed by atoms with Crippen LogP contribution in [0.1, 0.15) is 13.8 Å². The van der Waals surface area contributed by atoms with E-state index in [1.165, 1.54) is 0 Å². The number of allylic oxidation sites excluding steroid dienone is 2. The van der Waals surface area contributed by atoms with Gasteiger partial charge < -0.3 is 0 Å². The van der Waals surface area contributed by atoms with Crippen LogP contribution in [-0.4, -0.2) is 6.21 Å². The van der Waals surface area contributed by atoms with Crippen LogP contribution in [0.5, 0.6) is 0 Å². The molecule has 0 heterocycles. The summed E-state index contributed by atoms with van der Waals surface area (Å²) in [7, 11) is 0. The molecule has 0 aliphatic heterocycles. The van der Waals surface area contributed by atoms with Crippen molar-refractivity contribution in [3.05, 3.63) is 24.4 Å². The Morgan fingerprint density at radius 3 is 2.00 bits per heavy atom. The Bertz CT molecular complexity index is 115. The monoisotopic (exact) mass is 109 g/mol. The average molecular weight is 109 g/mol. The van der Waals surface area contributed by atoms with E-state index in [0.717, 1.165) is 11.3 Å². The van der Waals surface area contributed by atoms with Gasteiger partial charge >= 0.3 is 0 Å². The molecule has 0 N–H and O–H groups in total. The molecular weight excluding hydrogens is 98.1 g/mol. The summed E-state index contributed by atoms with van der Waals surface area (Å²) in [6, 6.07) is 0. The summed E-state index contributed by atoms with van der Waals surface area (Å²) in [5.41, 5.74) is 1.76. The zero-order chi connectivity index (χ0) is 6.57. The molecule has 0 unspecified atom stereocenters. The third-order valence-corrected chi connectivity index (χ3v) is 0.505. The summed E-state index contributed by atoms with van der Waals surface area (Å²) in [4.78, 5) is 3.91. The standard InChI is InChI=1S/C7H11N/c1-6(2)5-8-7(3)4/h5H,1,3H2,2,4H3/b8-5-. The molecule has 0 spiro atoms. The summed E-state index contributed by atoms with van der Waals surface area (Å²) >= 11 is 0. The zero-order valence-electron chi connectivity index (χ0n) is 5.44. The highest BCUT2D eigenvalue weighted by Crippen LogP contribution is 1.88. The maximum Gasteiger partial charge on any atom is 0.0301 e. The third kappa shape index (κ3) is 5.15. The SMILES string of the molecule is C=C(C)/C=N\C(=C)C. The summed E-state index contributed by atoms with van der Waals surface area (Å²) in [6.45, 7) is 11.0. The maximum atomic E-state index is 3.91. The Hall–Kier alpha value is -0.850. The Kier molecular flexibility index (Phi) is 2.85. The van der Waals surface area contributed by atoms with Gasteiger partial charge in [-0.1, -0.05) is 13.2 Å². The predicted molar refractivity (Wildman–Crippen MR) is 38.1 cm³/mol. The maximum absolute atomic E-state index is 3.91. The van der Waals surface area contributed by atoms with Crippen molar-refractivity contribution in [2.75, 3.05) is 0 Å². The van der Waals surface area contributed by atoms with E-state index in [9.17, 15) is 0 Å². The topological polar surface area (TPSA) is 12.4 Å². The van der Waals surface area contributed by atoms with Crippen LogP contribution in [0.3, 0.4) is 0 Å². The van der Waals surface area contributed by atoms with Crippen molar-refractivity contribution in [2.24, 2.45) is 4.99 Å². The van der Waals surface area contributed by atoms with Gasteiger partial charge in [-0.2, -0.15) is 0 Å². The molecule has 1 heteroatoms. The van der Waals surface area contributed by atoms with Crippen LogP contribution >= 0.6 is 0 Å². The van der Waals surface area contributed by atoms with Crippen molar-refractivity contribution in [1.82, 2.24) is 0 Å². The van der Waals surface area contributed by atoms with Crippen molar-refractivity contribution >= 4 is 6.21 Å². The van der Waals surface area contributed by atoms with E-state index < -0.39 is 0 Å². The molecule has 0 aromatic carbocycles. The van der Waals surface area contributed by atoms with E-state index in [-0.39, 0.29) is 0 Å². The lowest BCUT2D eigenvalue weighted by atomic mass is 10.4. The van der Waals surface area contributed by atoms with Gasteiger partial charge in [0.2, 0.25) is 0 Å². The summed E-state index contributed by atoms with van der Waals surface area (Å²) in [5, 5.41) is 0. The molecule has 0 bridgehead atoms. The summed E-state index contributed by atoms with van der Waals surface area (Å²) < 4.78 is 0. The molecule has 0 amide bonds. The van der Waals surface area contributed by atoms with E-state index >= 15 is 0 Å². The van der Waals surface area contributed by atoms with Gasteiger partial charge in [0, 0.05) is 11.9 Å². The minimum atomic E-state index is 0.813. The second-order valence-corrected chi connectivity index (χ2v) is 1.84. The number of hydrogen-bond acceptors (Lipinski definition) is 1. The Morgan fingerprint density at radius 1 is 1.38 bits per heavy atom. The molecule has 0 fully saturated rings. The molecule has 8 heavy (non-hydrogen) atoms. The molecular formula is C7H11N. The van der Waals surface area contributed by atoms with Gasteiger partial charge in [0.1, 0.15) is 0 Å². The van der Waals surface area contributed by atoms with Crippen molar-refractivity contribution in [3.8, 4) is 0 Å². The van der Waals surface area contributed by atoms with E-state index in [1.54, 1.807) is 6.21 Å². The van der Waals surface area contributed by atoms with Crippen LogP contribution in [0.15, 0.2) is 29.4 Å². The molecule has 0 aromatic rings. The Balaban J connectivity index is 3.67. The molecule has 0 aliphatic rings. The molecule has 0 aliphatic carbocycles. The smallest absolute Gasteiger partial charge is 0.0301 e. The lowest BCUT2D eigenvalue weighted by Crippen LogP contribution is -1.72. The molecule has 0 saturated carbocycles. The lowest BCUT2D eigenvalue weighted by Gasteiger charge is -1.84. The average Bonchev–Trinajstić information content (AvgIpc) is 1.61. The Labute approximate surface area is 50.4 Å². The molecule has 0 saturated heterocycles. The molecule has 0 aromatic heterocycles. The summed E-state index contributed by atoms with van der Waals surface area (Å²) in [6.07, 6.45) is 1.70. The van der Waals surface area contributed by atoms with Gasteiger partial charge in [0.15, 0.2) is 0 Å². The van der Waals surface area contributed by atoms with Crippen LogP contribution < -0.4 is 0 Å². The highest BCUT2D eigenvalue weighted by Gasteiger charge is 1.73. The van der Waals surface area contributed by atoms with Crippen LogP contribution in [0.2, 0.25) is 0 Å². The fraction of sp³-hybridized carbons (Fsp3) is 0.286. The van der Waals surface area contributed by atoms with Gasteiger partial charge in [-0.05, 0) is 19.4 Å². The minimum Gasteiger partial charge on any atom is -0.262 e. The van der Waals surface area contributed by atoms with Crippen molar-refractivity contribution in [3.63, 3.8) is 0 Å². The predicted octanol–water partition coefficient (Wildman–Crippen LogP) is 2.17. The zero-order valence-corrected chi connectivity index (χ0v) is 5.44. The molecule has 0 rings (SSSR count). The molecule has 0 atom stereocenters. The van der Waals surface area contributed by atoms with E-state index in [1.807, 2.05) is 13.8 Å². The second-order valence-electron chi connectivity index (χ2n) is 1.84.